The van der Waals surface area contributed by atoms with Crippen molar-refractivity contribution in [2.45, 2.75) is 19.8 Å². The summed E-state index contributed by atoms with van der Waals surface area (Å²) >= 11 is 0. The third-order valence-electron chi connectivity index (χ3n) is 4.16. The Hall–Kier alpha value is -2.69. The standard InChI is InChI=1S/C19H24N4O/c1-14-16(17-7-3-4-8-18(17)23-14)10-12-22-19(20-2)21-11-9-15-6-5-13-24-15/h3-8,13,23H,9-12H2,1-2H3,(H2,20,21,22). The smallest absolute Gasteiger partial charge is 0.191 e. The molecular weight excluding hydrogens is 300 g/mol. The predicted octanol–water partition coefficient (Wildman–Crippen LogP) is 3.02. The molecule has 2 aromatic heterocycles. The summed E-state index contributed by atoms with van der Waals surface area (Å²) < 4.78 is 5.33. The number of benzene rings is 1. The van der Waals surface area contributed by atoms with Crippen molar-refractivity contribution in [2.24, 2.45) is 4.99 Å². The number of aromatic nitrogens is 1. The Morgan fingerprint density at radius 2 is 1.88 bits per heavy atom. The van der Waals surface area contributed by atoms with Gasteiger partial charge in [0.2, 0.25) is 0 Å². The van der Waals surface area contributed by atoms with Crippen molar-refractivity contribution in [2.75, 3.05) is 20.1 Å². The predicted molar refractivity (Wildman–Crippen MR) is 98.5 cm³/mol. The molecule has 5 heteroatoms. The molecule has 0 amide bonds. The SMILES string of the molecule is CN=C(NCCc1ccco1)NCCc1c(C)[nH]c2ccccc12. The average Bonchev–Trinajstić information content (AvgIpc) is 3.21. The number of nitrogens with zero attached hydrogens (tertiary/aromatic N) is 1. The first-order valence-corrected chi connectivity index (χ1v) is 8.31. The van der Waals surface area contributed by atoms with Gasteiger partial charge in [-0.05, 0) is 37.1 Å². The molecule has 0 unspecified atom stereocenters. The van der Waals surface area contributed by atoms with Gasteiger partial charge in [-0.2, -0.15) is 0 Å². The molecule has 0 saturated heterocycles. The second kappa shape index (κ2) is 7.73. The van der Waals surface area contributed by atoms with Crippen molar-refractivity contribution < 1.29 is 4.42 Å². The zero-order chi connectivity index (χ0) is 16.8. The van der Waals surface area contributed by atoms with E-state index in [1.807, 2.05) is 12.1 Å². The number of rotatable bonds is 6. The van der Waals surface area contributed by atoms with Crippen LogP contribution in [-0.4, -0.2) is 31.1 Å². The van der Waals surface area contributed by atoms with E-state index in [9.17, 15) is 0 Å². The number of hydrogen-bond donors (Lipinski definition) is 3. The summed E-state index contributed by atoms with van der Waals surface area (Å²) in [5, 5.41) is 7.99. The minimum absolute atomic E-state index is 0.791. The fraction of sp³-hybridized carbons (Fsp3) is 0.316. The molecule has 0 saturated carbocycles. The van der Waals surface area contributed by atoms with E-state index in [1.165, 1.54) is 22.2 Å². The Balaban J connectivity index is 1.49. The molecule has 0 aliphatic heterocycles. The topological polar surface area (TPSA) is 65.3 Å². The van der Waals surface area contributed by atoms with E-state index in [2.05, 4.69) is 51.8 Å². The van der Waals surface area contributed by atoms with E-state index in [0.717, 1.165) is 37.7 Å². The van der Waals surface area contributed by atoms with Crippen molar-refractivity contribution in [1.82, 2.24) is 15.6 Å². The Morgan fingerprint density at radius 3 is 2.62 bits per heavy atom. The van der Waals surface area contributed by atoms with Gasteiger partial charge in [0.15, 0.2) is 5.96 Å². The summed E-state index contributed by atoms with van der Waals surface area (Å²) in [7, 11) is 1.79. The molecule has 0 atom stereocenters. The zero-order valence-electron chi connectivity index (χ0n) is 14.2. The van der Waals surface area contributed by atoms with Gasteiger partial charge in [-0.3, -0.25) is 4.99 Å². The van der Waals surface area contributed by atoms with E-state index in [4.69, 9.17) is 4.42 Å². The van der Waals surface area contributed by atoms with Crippen LogP contribution in [0.5, 0.6) is 0 Å². The molecule has 0 radical (unpaired) electrons. The van der Waals surface area contributed by atoms with Crippen LogP contribution in [0.2, 0.25) is 0 Å². The first-order chi connectivity index (χ1) is 11.8. The fourth-order valence-electron chi connectivity index (χ4n) is 2.94. The van der Waals surface area contributed by atoms with Crippen LogP contribution < -0.4 is 10.6 Å². The average molecular weight is 324 g/mol. The highest BCUT2D eigenvalue weighted by Crippen LogP contribution is 2.21. The van der Waals surface area contributed by atoms with E-state index in [1.54, 1.807) is 13.3 Å². The van der Waals surface area contributed by atoms with Crippen molar-refractivity contribution in [3.63, 3.8) is 0 Å². The lowest BCUT2D eigenvalue weighted by Crippen LogP contribution is -2.39. The second-order valence-electron chi connectivity index (χ2n) is 5.78. The van der Waals surface area contributed by atoms with Crippen LogP contribution in [-0.2, 0) is 12.8 Å². The molecule has 2 heterocycles. The largest absolute Gasteiger partial charge is 0.469 e. The number of furan rings is 1. The molecule has 0 aliphatic carbocycles. The van der Waals surface area contributed by atoms with Crippen LogP contribution in [0.3, 0.4) is 0 Å². The van der Waals surface area contributed by atoms with Crippen molar-refractivity contribution in [1.29, 1.82) is 0 Å². The van der Waals surface area contributed by atoms with Crippen molar-refractivity contribution in [3.05, 3.63) is 59.7 Å². The summed E-state index contributed by atoms with van der Waals surface area (Å²) in [5.74, 6) is 1.80. The first-order valence-electron chi connectivity index (χ1n) is 8.31. The molecule has 0 spiro atoms. The number of H-pyrrole nitrogens is 1. The van der Waals surface area contributed by atoms with Crippen LogP contribution >= 0.6 is 0 Å². The summed E-state index contributed by atoms with van der Waals surface area (Å²) in [5.41, 5.74) is 3.80. The van der Waals surface area contributed by atoms with Crippen LogP contribution in [0.4, 0.5) is 0 Å². The number of guanidine groups is 1. The minimum atomic E-state index is 0.791. The molecule has 0 fully saturated rings. The molecule has 3 aromatic rings. The fourth-order valence-corrected chi connectivity index (χ4v) is 2.94. The van der Waals surface area contributed by atoms with Gasteiger partial charge in [-0.25, -0.2) is 0 Å². The maximum absolute atomic E-state index is 5.33. The van der Waals surface area contributed by atoms with Crippen molar-refractivity contribution in [3.8, 4) is 0 Å². The molecule has 24 heavy (non-hydrogen) atoms. The van der Waals surface area contributed by atoms with Crippen LogP contribution in [0.15, 0.2) is 52.1 Å². The highest BCUT2D eigenvalue weighted by molar-refractivity contribution is 5.84. The molecule has 0 aliphatic rings. The quantitative estimate of drug-likeness (QED) is 0.482. The van der Waals surface area contributed by atoms with Crippen LogP contribution in [0.1, 0.15) is 17.0 Å². The number of para-hydroxylation sites is 1. The molecule has 5 nitrogen and oxygen atoms in total. The number of hydrogen-bond acceptors (Lipinski definition) is 2. The Bertz CT molecular complexity index is 802. The third kappa shape index (κ3) is 3.79. The van der Waals surface area contributed by atoms with E-state index in [0.29, 0.717) is 0 Å². The van der Waals surface area contributed by atoms with Crippen molar-refractivity contribution >= 4 is 16.9 Å². The normalized spacial score (nSPS) is 11.8. The molecule has 126 valence electrons. The third-order valence-corrected chi connectivity index (χ3v) is 4.16. The van der Waals surface area contributed by atoms with Gasteiger partial charge in [0.05, 0.1) is 6.26 Å². The first kappa shape index (κ1) is 16.2. The maximum Gasteiger partial charge on any atom is 0.191 e. The maximum atomic E-state index is 5.33. The van der Waals surface area contributed by atoms with Gasteiger partial charge in [0.1, 0.15) is 5.76 Å². The van der Waals surface area contributed by atoms with E-state index in [-0.39, 0.29) is 0 Å². The summed E-state index contributed by atoms with van der Waals surface area (Å²) in [6, 6.07) is 12.3. The van der Waals surface area contributed by atoms with Gasteiger partial charge >= 0.3 is 0 Å². The minimum Gasteiger partial charge on any atom is -0.469 e. The summed E-state index contributed by atoms with van der Waals surface area (Å²) in [6.45, 7) is 3.76. The number of aliphatic imine (C=N–C) groups is 1. The summed E-state index contributed by atoms with van der Waals surface area (Å²) in [4.78, 5) is 7.71. The highest BCUT2D eigenvalue weighted by Gasteiger charge is 2.07. The van der Waals surface area contributed by atoms with E-state index >= 15 is 0 Å². The Labute approximate surface area is 142 Å². The molecular formula is C19H24N4O. The number of aryl methyl sites for hydroxylation is 1. The van der Waals surface area contributed by atoms with Gasteiger partial charge < -0.3 is 20.0 Å². The van der Waals surface area contributed by atoms with Gasteiger partial charge in [-0.15, -0.1) is 0 Å². The highest BCUT2D eigenvalue weighted by atomic mass is 16.3. The van der Waals surface area contributed by atoms with Gasteiger partial charge in [0, 0.05) is 43.2 Å². The zero-order valence-corrected chi connectivity index (χ0v) is 14.2. The lowest BCUT2D eigenvalue weighted by molar-refractivity contribution is 0.507. The lowest BCUT2D eigenvalue weighted by Gasteiger charge is -2.11. The number of nitrogens with one attached hydrogen (secondary N) is 3. The Kier molecular flexibility index (Phi) is 5.21. The van der Waals surface area contributed by atoms with Gasteiger partial charge in [0.25, 0.3) is 0 Å². The lowest BCUT2D eigenvalue weighted by atomic mass is 10.1. The number of fused-ring (bicyclic) bond motifs is 1. The van der Waals surface area contributed by atoms with Crippen LogP contribution in [0.25, 0.3) is 10.9 Å². The number of aromatic amines is 1. The van der Waals surface area contributed by atoms with Crippen LogP contribution in [0, 0.1) is 6.92 Å². The van der Waals surface area contributed by atoms with E-state index < -0.39 is 0 Å². The monoisotopic (exact) mass is 324 g/mol. The molecule has 1 aromatic carbocycles. The molecule has 3 rings (SSSR count). The summed E-state index contributed by atoms with van der Waals surface area (Å²) in [6.07, 6.45) is 3.50. The van der Waals surface area contributed by atoms with Gasteiger partial charge in [-0.1, -0.05) is 18.2 Å². The molecule has 3 N–H and O–H groups in total. The molecule has 0 bridgehead atoms. The Morgan fingerprint density at radius 1 is 1.08 bits per heavy atom. The second-order valence-corrected chi connectivity index (χ2v) is 5.78.